The van der Waals surface area contributed by atoms with Gasteiger partial charge in [0.2, 0.25) is 0 Å². The third-order valence-corrected chi connectivity index (χ3v) is 3.99. The Bertz CT molecular complexity index is 1020. The maximum absolute atomic E-state index is 11.2. The molecule has 0 bridgehead atoms. The molecule has 110 valence electrons. The van der Waals surface area contributed by atoms with Crippen LogP contribution in [0.5, 0.6) is 11.5 Å². The molecule has 0 aliphatic heterocycles. The second-order valence-corrected chi connectivity index (χ2v) is 5.43. The van der Waals surface area contributed by atoms with E-state index >= 15 is 0 Å². The molecule has 23 heavy (non-hydrogen) atoms. The van der Waals surface area contributed by atoms with E-state index in [1.807, 2.05) is 60.7 Å². The lowest BCUT2D eigenvalue weighted by molar-refractivity contribution is 0.112. The van der Waals surface area contributed by atoms with Gasteiger partial charge in [0.05, 0.1) is 0 Å². The van der Waals surface area contributed by atoms with Crippen LogP contribution in [0.3, 0.4) is 0 Å². The van der Waals surface area contributed by atoms with Crippen molar-refractivity contribution in [2.24, 2.45) is 0 Å². The molecule has 0 aliphatic carbocycles. The van der Waals surface area contributed by atoms with Crippen LogP contribution in [0.25, 0.3) is 21.5 Å². The lowest BCUT2D eigenvalue weighted by Crippen LogP contribution is -1.89. The SMILES string of the molecule is O=Cc1ccc(Oc2ccc3ccccc3c2)c2ccccc12. The standard InChI is InChI=1S/C21H14O2/c22-14-17-10-12-21(20-8-4-3-7-19(17)20)23-18-11-9-15-5-1-2-6-16(15)13-18/h1-14H. The van der Waals surface area contributed by atoms with E-state index in [-0.39, 0.29) is 0 Å². The zero-order valence-corrected chi connectivity index (χ0v) is 12.4. The highest BCUT2D eigenvalue weighted by atomic mass is 16.5. The number of ether oxygens (including phenoxy) is 1. The van der Waals surface area contributed by atoms with E-state index in [1.54, 1.807) is 6.07 Å². The van der Waals surface area contributed by atoms with Crippen molar-refractivity contribution in [2.45, 2.75) is 0 Å². The fraction of sp³-hybridized carbons (Fsp3) is 0. The van der Waals surface area contributed by atoms with E-state index in [4.69, 9.17) is 4.74 Å². The third kappa shape index (κ3) is 2.44. The van der Waals surface area contributed by atoms with Crippen molar-refractivity contribution in [1.29, 1.82) is 0 Å². The van der Waals surface area contributed by atoms with Crippen molar-refractivity contribution >= 4 is 27.8 Å². The summed E-state index contributed by atoms with van der Waals surface area (Å²) in [4.78, 5) is 11.2. The maximum Gasteiger partial charge on any atom is 0.150 e. The molecule has 0 atom stereocenters. The Morgan fingerprint density at radius 3 is 2.26 bits per heavy atom. The summed E-state index contributed by atoms with van der Waals surface area (Å²) in [5.41, 5.74) is 0.673. The van der Waals surface area contributed by atoms with E-state index in [0.29, 0.717) is 5.56 Å². The van der Waals surface area contributed by atoms with Gasteiger partial charge >= 0.3 is 0 Å². The molecule has 4 aromatic carbocycles. The predicted octanol–water partition coefficient (Wildman–Crippen LogP) is 5.60. The molecule has 0 heterocycles. The molecule has 2 nitrogen and oxygen atoms in total. The third-order valence-electron chi connectivity index (χ3n) is 3.99. The molecule has 0 N–H and O–H groups in total. The Hall–Kier alpha value is -3.13. The summed E-state index contributed by atoms with van der Waals surface area (Å²) in [5.74, 6) is 1.54. The average Bonchev–Trinajstić information content (AvgIpc) is 2.62. The van der Waals surface area contributed by atoms with Crippen LogP contribution in [0.4, 0.5) is 0 Å². The van der Waals surface area contributed by atoms with Crippen molar-refractivity contribution in [2.75, 3.05) is 0 Å². The van der Waals surface area contributed by atoms with Crippen LogP contribution in [0.2, 0.25) is 0 Å². The van der Waals surface area contributed by atoms with Gasteiger partial charge in [-0.2, -0.15) is 0 Å². The van der Waals surface area contributed by atoms with Gasteiger partial charge in [0.1, 0.15) is 11.5 Å². The molecule has 0 aliphatic rings. The number of aldehydes is 1. The highest BCUT2D eigenvalue weighted by Gasteiger charge is 2.07. The molecule has 0 aromatic heterocycles. The molecule has 4 rings (SSSR count). The van der Waals surface area contributed by atoms with Crippen molar-refractivity contribution < 1.29 is 9.53 Å². The minimum absolute atomic E-state index is 0.673. The van der Waals surface area contributed by atoms with Crippen molar-refractivity contribution in [1.82, 2.24) is 0 Å². The molecule has 2 heteroatoms. The van der Waals surface area contributed by atoms with Gasteiger partial charge < -0.3 is 4.74 Å². The zero-order chi connectivity index (χ0) is 15.6. The largest absolute Gasteiger partial charge is 0.457 e. The molecule has 4 aromatic rings. The average molecular weight is 298 g/mol. The number of benzene rings is 4. The molecular formula is C21H14O2. The summed E-state index contributed by atoms with van der Waals surface area (Å²) < 4.78 is 6.08. The summed E-state index contributed by atoms with van der Waals surface area (Å²) in [6.07, 6.45) is 0.877. The highest BCUT2D eigenvalue weighted by molar-refractivity contribution is 6.01. The highest BCUT2D eigenvalue weighted by Crippen LogP contribution is 2.32. The summed E-state index contributed by atoms with van der Waals surface area (Å²) >= 11 is 0. The van der Waals surface area contributed by atoms with Crippen molar-refractivity contribution in [3.63, 3.8) is 0 Å². The monoisotopic (exact) mass is 298 g/mol. The van der Waals surface area contributed by atoms with Crippen LogP contribution in [0, 0.1) is 0 Å². The van der Waals surface area contributed by atoms with Gasteiger partial charge in [0.15, 0.2) is 6.29 Å². The molecule has 0 fully saturated rings. The van der Waals surface area contributed by atoms with Gasteiger partial charge in [0.25, 0.3) is 0 Å². The zero-order valence-electron chi connectivity index (χ0n) is 12.4. The lowest BCUT2D eigenvalue weighted by Gasteiger charge is -2.11. The van der Waals surface area contributed by atoms with Crippen LogP contribution in [0.1, 0.15) is 10.4 Å². The first-order valence-electron chi connectivity index (χ1n) is 7.49. The molecule has 0 saturated carbocycles. The summed E-state index contributed by atoms with van der Waals surface area (Å²) in [6, 6.07) is 25.6. The number of carbonyl (C=O) groups excluding carboxylic acids is 1. The Morgan fingerprint density at radius 1 is 0.696 bits per heavy atom. The van der Waals surface area contributed by atoms with Crippen LogP contribution in [-0.4, -0.2) is 6.29 Å². The Kier molecular flexibility index (Phi) is 3.28. The van der Waals surface area contributed by atoms with Gasteiger partial charge in [-0.1, -0.05) is 54.6 Å². The minimum Gasteiger partial charge on any atom is -0.457 e. The van der Waals surface area contributed by atoms with E-state index in [9.17, 15) is 4.79 Å². The summed E-state index contributed by atoms with van der Waals surface area (Å²) in [5, 5.41) is 4.16. The van der Waals surface area contributed by atoms with Gasteiger partial charge in [-0.25, -0.2) is 0 Å². The van der Waals surface area contributed by atoms with Crippen LogP contribution >= 0.6 is 0 Å². The summed E-state index contributed by atoms with van der Waals surface area (Å²) in [7, 11) is 0. The van der Waals surface area contributed by atoms with E-state index in [1.165, 1.54) is 5.39 Å². The lowest BCUT2D eigenvalue weighted by atomic mass is 10.0. The molecular weight excluding hydrogens is 284 g/mol. The van der Waals surface area contributed by atoms with Gasteiger partial charge in [0, 0.05) is 10.9 Å². The van der Waals surface area contributed by atoms with E-state index in [0.717, 1.165) is 33.9 Å². The first-order chi connectivity index (χ1) is 11.3. The molecule has 0 amide bonds. The van der Waals surface area contributed by atoms with E-state index < -0.39 is 0 Å². The molecule has 0 unspecified atom stereocenters. The number of hydrogen-bond donors (Lipinski definition) is 0. The first-order valence-corrected chi connectivity index (χ1v) is 7.49. The Balaban J connectivity index is 1.81. The normalized spacial score (nSPS) is 10.8. The van der Waals surface area contributed by atoms with Crippen LogP contribution in [-0.2, 0) is 0 Å². The fourth-order valence-corrected chi connectivity index (χ4v) is 2.84. The second kappa shape index (κ2) is 5.58. The Labute approximate surface area is 133 Å². The predicted molar refractivity (Wildman–Crippen MR) is 93.4 cm³/mol. The smallest absolute Gasteiger partial charge is 0.150 e. The topological polar surface area (TPSA) is 26.3 Å². The fourth-order valence-electron chi connectivity index (χ4n) is 2.84. The first kappa shape index (κ1) is 13.5. The number of fused-ring (bicyclic) bond motifs is 2. The van der Waals surface area contributed by atoms with Gasteiger partial charge in [-0.05, 0) is 40.4 Å². The van der Waals surface area contributed by atoms with E-state index in [2.05, 4.69) is 12.1 Å². The number of hydrogen-bond acceptors (Lipinski definition) is 2. The second-order valence-electron chi connectivity index (χ2n) is 5.43. The van der Waals surface area contributed by atoms with Crippen LogP contribution < -0.4 is 4.74 Å². The number of carbonyl (C=O) groups is 1. The minimum atomic E-state index is 0.673. The van der Waals surface area contributed by atoms with Gasteiger partial charge in [-0.15, -0.1) is 0 Å². The van der Waals surface area contributed by atoms with Crippen molar-refractivity contribution in [3.8, 4) is 11.5 Å². The molecule has 0 saturated heterocycles. The Morgan fingerprint density at radius 2 is 1.43 bits per heavy atom. The van der Waals surface area contributed by atoms with Crippen LogP contribution in [0.15, 0.2) is 78.9 Å². The molecule has 0 radical (unpaired) electrons. The van der Waals surface area contributed by atoms with Gasteiger partial charge in [-0.3, -0.25) is 4.79 Å². The molecule has 0 spiro atoms. The number of rotatable bonds is 3. The summed E-state index contributed by atoms with van der Waals surface area (Å²) in [6.45, 7) is 0. The van der Waals surface area contributed by atoms with Crippen molar-refractivity contribution in [3.05, 3.63) is 84.4 Å². The maximum atomic E-state index is 11.2. The quantitative estimate of drug-likeness (QED) is 0.460.